The fourth-order valence-electron chi connectivity index (χ4n) is 6.79. The first-order chi connectivity index (χ1) is 30.0. The van der Waals surface area contributed by atoms with Crippen molar-refractivity contribution in [3.8, 4) is 0 Å². The highest BCUT2D eigenvalue weighted by Gasteiger charge is 2.19. The lowest BCUT2D eigenvalue weighted by atomic mass is 10.0. The van der Waals surface area contributed by atoms with Crippen molar-refractivity contribution in [2.75, 3.05) is 13.2 Å². The van der Waals surface area contributed by atoms with E-state index in [1.807, 2.05) is 48.6 Å². The number of unbranched alkanes of at least 4 members (excludes halogenated alkanes) is 23. The number of carbonyl (C=O) groups excluding carboxylic acids is 3. The van der Waals surface area contributed by atoms with Crippen LogP contribution in [0, 0.1) is 0 Å². The fraction of sp³-hybridized carbons (Fsp3) is 0.691. The summed E-state index contributed by atoms with van der Waals surface area (Å²) in [6.07, 6.45) is 62.8. The molecule has 0 aliphatic rings. The normalized spacial score (nSPS) is 12.8. The van der Waals surface area contributed by atoms with Crippen molar-refractivity contribution < 1.29 is 28.6 Å². The standard InChI is InChI=1S/C55H92O6/c1-4-7-10-13-16-19-22-25-27-29-30-33-36-39-42-45-48-54(57)60-51-52(50-59-53(56)47-44-41-38-35-32-24-21-18-15-12-9-6-3)61-55(58)49-46-43-40-37-34-31-28-26-23-20-17-14-11-8-5-2/h8-9,11-12,14,17-18,20-21,23,26,28,31,34,52H,4-7,10,13,15-16,19,22,24-25,27,29-30,32-33,35-51H2,1-3H3/b11-8-,12-9-,17-14-,21-18-,23-20-,28-26-,34-31-. The molecule has 0 aromatic heterocycles. The van der Waals surface area contributed by atoms with Crippen LogP contribution in [-0.2, 0) is 28.6 Å². The number of hydrogen-bond acceptors (Lipinski definition) is 6. The van der Waals surface area contributed by atoms with E-state index in [9.17, 15) is 14.4 Å². The molecule has 0 rings (SSSR count). The predicted octanol–water partition coefficient (Wildman–Crippen LogP) is 16.4. The zero-order valence-electron chi connectivity index (χ0n) is 39.7. The maximum atomic E-state index is 12.8. The smallest absolute Gasteiger partial charge is 0.306 e. The van der Waals surface area contributed by atoms with E-state index in [1.165, 1.54) is 83.5 Å². The van der Waals surface area contributed by atoms with Crippen LogP contribution in [0.2, 0.25) is 0 Å². The maximum absolute atomic E-state index is 12.8. The summed E-state index contributed by atoms with van der Waals surface area (Å²) in [5.74, 6) is -0.956. The first kappa shape index (κ1) is 57.6. The molecule has 0 heterocycles. The average molecular weight is 849 g/mol. The van der Waals surface area contributed by atoms with Gasteiger partial charge >= 0.3 is 17.9 Å². The summed E-state index contributed by atoms with van der Waals surface area (Å²) in [6, 6.07) is 0. The Labute approximate surface area is 375 Å². The number of ether oxygens (including phenoxy) is 3. The summed E-state index contributed by atoms with van der Waals surface area (Å²) in [7, 11) is 0. The Balaban J connectivity index is 4.46. The van der Waals surface area contributed by atoms with E-state index in [0.29, 0.717) is 19.3 Å². The van der Waals surface area contributed by atoms with Crippen LogP contribution in [0.5, 0.6) is 0 Å². The van der Waals surface area contributed by atoms with Crippen LogP contribution >= 0.6 is 0 Å². The van der Waals surface area contributed by atoms with E-state index >= 15 is 0 Å². The molecule has 0 amide bonds. The molecule has 0 fully saturated rings. The second-order valence-electron chi connectivity index (χ2n) is 16.4. The van der Waals surface area contributed by atoms with E-state index < -0.39 is 6.10 Å². The second kappa shape index (κ2) is 49.2. The monoisotopic (exact) mass is 849 g/mol. The van der Waals surface area contributed by atoms with Gasteiger partial charge in [0.15, 0.2) is 6.10 Å². The summed E-state index contributed by atoms with van der Waals surface area (Å²) in [6.45, 7) is 6.34. The molecular weight excluding hydrogens is 757 g/mol. The van der Waals surface area contributed by atoms with Gasteiger partial charge in [-0.05, 0) is 64.2 Å². The van der Waals surface area contributed by atoms with Crippen LogP contribution in [-0.4, -0.2) is 37.2 Å². The summed E-state index contributed by atoms with van der Waals surface area (Å²) >= 11 is 0. The van der Waals surface area contributed by atoms with Crippen molar-refractivity contribution in [2.45, 2.75) is 232 Å². The Hall–Kier alpha value is -3.41. The Kier molecular flexibility index (Phi) is 46.5. The molecule has 0 aromatic carbocycles. The molecule has 0 saturated heterocycles. The summed E-state index contributed by atoms with van der Waals surface area (Å²) in [5.41, 5.74) is 0. The van der Waals surface area contributed by atoms with E-state index in [0.717, 1.165) is 96.3 Å². The van der Waals surface area contributed by atoms with Crippen LogP contribution < -0.4 is 0 Å². The summed E-state index contributed by atoms with van der Waals surface area (Å²) in [4.78, 5) is 37.9. The molecule has 61 heavy (non-hydrogen) atoms. The summed E-state index contributed by atoms with van der Waals surface area (Å²) < 4.78 is 16.7. The van der Waals surface area contributed by atoms with Gasteiger partial charge in [-0.25, -0.2) is 0 Å². The number of esters is 3. The van der Waals surface area contributed by atoms with Crippen molar-refractivity contribution in [2.24, 2.45) is 0 Å². The Bertz CT molecular complexity index is 1200. The quantitative estimate of drug-likeness (QED) is 0.0200. The topological polar surface area (TPSA) is 78.9 Å². The van der Waals surface area contributed by atoms with Gasteiger partial charge in [0.2, 0.25) is 0 Å². The third kappa shape index (κ3) is 47.5. The maximum Gasteiger partial charge on any atom is 0.306 e. The molecule has 1 atom stereocenters. The first-order valence-corrected chi connectivity index (χ1v) is 25.2. The third-order valence-electron chi connectivity index (χ3n) is 10.5. The number of allylic oxidation sites excluding steroid dienone is 14. The van der Waals surface area contributed by atoms with Crippen LogP contribution in [0.15, 0.2) is 85.1 Å². The minimum Gasteiger partial charge on any atom is -0.462 e. The lowest BCUT2D eigenvalue weighted by Crippen LogP contribution is -2.30. The number of carbonyl (C=O) groups is 3. The van der Waals surface area contributed by atoms with E-state index in [4.69, 9.17) is 14.2 Å². The van der Waals surface area contributed by atoms with E-state index in [-0.39, 0.29) is 37.5 Å². The highest BCUT2D eigenvalue weighted by molar-refractivity contribution is 5.71. The molecule has 348 valence electrons. The van der Waals surface area contributed by atoms with Crippen molar-refractivity contribution in [3.05, 3.63) is 85.1 Å². The van der Waals surface area contributed by atoms with E-state index in [2.05, 4.69) is 57.2 Å². The molecule has 1 unspecified atom stereocenters. The van der Waals surface area contributed by atoms with Crippen LogP contribution in [0.25, 0.3) is 0 Å². The largest absolute Gasteiger partial charge is 0.462 e. The minimum absolute atomic E-state index is 0.0975. The molecule has 0 aliphatic carbocycles. The first-order valence-electron chi connectivity index (χ1n) is 25.2. The molecule has 0 bridgehead atoms. The molecule has 6 heteroatoms. The van der Waals surface area contributed by atoms with Gasteiger partial charge in [-0.2, -0.15) is 0 Å². The number of rotatable bonds is 44. The van der Waals surface area contributed by atoms with Crippen LogP contribution in [0.3, 0.4) is 0 Å². The molecule has 0 aliphatic heterocycles. The van der Waals surface area contributed by atoms with Gasteiger partial charge in [0, 0.05) is 19.3 Å². The molecule has 0 radical (unpaired) electrons. The fourth-order valence-corrected chi connectivity index (χ4v) is 6.79. The van der Waals surface area contributed by atoms with Crippen LogP contribution in [0.4, 0.5) is 0 Å². The second-order valence-corrected chi connectivity index (χ2v) is 16.4. The highest BCUT2D eigenvalue weighted by atomic mass is 16.6. The van der Waals surface area contributed by atoms with Crippen molar-refractivity contribution in [1.82, 2.24) is 0 Å². The summed E-state index contributed by atoms with van der Waals surface area (Å²) in [5, 5.41) is 0. The molecule has 6 nitrogen and oxygen atoms in total. The molecule has 0 saturated carbocycles. The van der Waals surface area contributed by atoms with Crippen molar-refractivity contribution in [1.29, 1.82) is 0 Å². The van der Waals surface area contributed by atoms with Gasteiger partial charge in [-0.15, -0.1) is 0 Å². The molecular formula is C55H92O6. The van der Waals surface area contributed by atoms with Gasteiger partial charge < -0.3 is 14.2 Å². The van der Waals surface area contributed by atoms with Crippen molar-refractivity contribution in [3.63, 3.8) is 0 Å². The number of hydrogen-bond donors (Lipinski definition) is 0. The van der Waals surface area contributed by atoms with Gasteiger partial charge in [0.05, 0.1) is 0 Å². The average Bonchev–Trinajstić information content (AvgIpc) is 3.26. The van der Waals surface area contributed by atoms with Gasteiger partial charge in [0.25, 0.3) is 0 Å². The molecule has 0 spiro atoms. The molecule has 0 N–H and O–H groups in total. The van der Waals surface area contributed by atoms with E-state index in [1.54, 1.807) is 0 Å². The Morgan fingerprint density at radius 3 is 1.20 bits per heavy atom. The highest BCUT2D eigenvalue weighted by Crippen LogP contribution is 2.15. The zero-order chi connectivity index (χ0) is 44.4. The lowest BCUT2D eigenvalue weighted by Gasteiger charge is -2.18. The minimum atomic E-state index is -0.802. The van der Waals surface area contributed by atoms with Gasteiger partial charge in [-0.3, -0.25) is 14.4 Å². The zero-order valence-corrected chi connectivity index (χ0v) is 39.7. The van der Waals surface area contributed by atoms with Gasteiger partial charge in [-0.1, -0.05) is 228 Å². The predicted molar refractivity (Wildman–Crippen MR) is 261 cm³/mol. The third-order valence-corrected chi connectivity index (χ3v) is 10.5. The Morgan fingerprint density at radius 1 is 0.361 bits per heavy atom. The van der Waals surface area contributed by atoms with Crippen LogP contribution in [0.1, 0.15) is 226 Å². The van der Waals surface area contributed by atoms with Crippen molar-refractivity contribution >= 4 is 17.9 Å². The lowest BCUT2D eigenvalue weighted by molar-refractivity contribution is -0.167. The van der Waals surface area contributed by atoms with Gasteiger partial charge in [0.1, 0.15) is 13.2 Å². The SMILES string of the molecule is CC\C=C/C=C\C=C/C=C\C=C/CCCCCC(=O)OC(COC(=O)CCCCCCC/C=C\C/C=C\CC)COC(=O)CCCCCCCCCCCCCCCCCC. The Morgan fingerprint density at radius 2 is 0.721 bits per heavy atom. The molecule has 0 aromatic rings.